The molecule has 0 saturated heterocycles. The lowest BCUT2D eigenvalue weighted by atomic mass is 10.2. The highest BCUT2D eigenvalue weighted by Crippen LogP contribution is 2.34. The maximum absolute atomic E-state index is 12.7. The van der Waals surface area contributed by atoms with E-state index in [1.54, 1.807) is 0 Å². The molecule has 0 spiro atoms. The van der Waals surface area contributed by atoms with E-state index in [1.807, 2.05) is 19.1 Å². The summed E-state index contributed by atoms with van der Waals surface area (Å²) in [4.78, 5) is 2.01. The van der Waals surface area contributed by atoms with Crippen LogP contribution in [0.5, 0.6) is 0 Å². The Morgan fingerprint density at radius 2 is 1.89 bits per heavy atom. The molecule has 0 radical (unpaired) electrons. The minimum Gasteiger partial charge on any atom is -0.278 e. The van der Waals surface area contributed by atoms with Gasteiger partial charge < -0.3 is 0 Å². The van der Waals surface area contributed by atoms with Crippen LogP contribution in [0.4, 0.5) is 18.9 Å². The van der Waals surface area contributed by atoms with Crippen LogP contribution in [0.25, 0.3) is 0 Å². The molecule has 2 nitrogen and oxygen atoms in total. The van der Waals surface area contributed by atoms with Crippen molar-refractivity contribution in [1.29, 1.82) is 0 Å². The number of halogens is 3. The summed E-state index contributed by atoms with van der Waals surface area (Å²) in [6.45, 7) is 1.95. The number of aryl methyl sites for hydroxylation is 1. The standard InChI is InChI=1S/C13H11F3N2S/c1-9-6-7-10(19-9)8-17-18-12-5-3-2-4-11(12)13(14,15)16/h2-8,18H,1H3/b17-8-. The molecule has 0 unspecified atom stereocenters. The monoisotopic (exact) mass is 284 g/mol. The van der Waals surface area contributed by atoms with E-state index < -0.39 is 11.7 Å². The largest absolute Gasteiger partial charge is 0.418 e. The number of hydrogen-bond donors (Lipinski definition) is 1. The summed E-state index contributed by atoms with van der Waals surface area (Å²) < 4.78 is 38.1. The molecule has 19 heavy (non-hydrogen) atoms. The average molecular weight is 284 g/mol. The first-order valence-corrected chi connectivity index (χ1v) is 6.30. The van der Waals surface area contributed by atoms with Crippen molar-refractivity contribution in [2.75, 3.05) is 5.43 Å². The summed E-state index contributed by atoms with van der Waals surface area (Å²) in [5, 5.41) is 3.83. The molecule has 0 aliphatic heterocycles. The topological polar surface area (TPSA) is 24.4 Å². The smallest absolute Gasteiger partial charge is 0.278 e. The molecular formula is C13H11F3N2S. The van der Waals surface area contributed by atoms with Crippen LogP contribution in [0.2, 0.25) is 0 Å². The second kappa shape index (κ2) is 5.44. The van der Waals surface area contributed by atoms with Crippen molar-refractivity contribution in [2.45, 2.75) is 13.1 Å². The number of para-hydroxylation sites is 1. The van der Waals surface area contributed by atoms with Gasteiger partial charge in [-0.1, -0.05) is 12.1 Å². The molecule has 0 aliphatic carbocycles. The lowest BCUT2D eigenvalue weighted by Gasteiger charge is -2.11. The number of rotatable bonds is 3. The highest BCUT2D eigenvalue weighted by atomic mass is 32.1. The fraction of sp³-hybridized carbons (Fsp3) is 0.154. The van der Waals surface area contributed by atoms with Crippen LogP contribution < -0.4 is 5.43 Å². The first-order valence-electron chi connectivity index (χ1n) is 5.48. The molecule has 0 fully saturated rings. The number of benzene rings is 1. The van der Waals surface area contributed by atoms with Gasteiger partial charge in [-0.05, 0) is 31.2 Å². The van der Waals surface area contributed by atoms with E-state index in [1.165, 1.54) is 35.8 Å². The molecule has 2 aromatic rings. The SMILES string of the molecule is Cc1ccc(/C=N\Nc2ccccc2C(F)(F)F)s1. The molecule has 1 aromatic carbocycles. The normalized spacial score (nSPS) is 12.0. The molecule has 6 heteroatoms. The van der Waals surface area contributed by atoms with Crippen LogP contribution >= 0.6 is 11.3 Å². The lowest BCUT2D eigenvalue weighted by Crippen LogP contribution is -2.08. The Balaban J connectivity index is 2.14. The van der Waals surface area contributed by atoms with Gasteiger partial charge in [0.05, 0.1) is 17.5 Å². The number of anilines is 1. The van der Waals surface area contributed by atoms with Crippen LogP contribution in [-0.2, 0) is 6.18 Å². The predicted octanol–water partition coefficient (Wildman–Crippen LogP) is 4.52. The average Bonchev–Trinajstić information content (AvgIpc) is 2.74. The first-order chi connectivity index (χ1) is 8.97. The molecule has 2 rings (SSSR count). The van der Waals surface area contributed by atoms with Gasteiger partial charge in [0.15, 0.2) is 0 Å². The lowest BCUT2D eigenvalue weighted by molar-refractivity contribution is -0.136. The van der Waals surface area contributed by atoms with E-state index in [0.29, 0.717) is 0 Å². The van der Waals surface area contributed by atoms with Gasteiger partial charge in [-0.2, -0.15) is 18.3 Å². The summed E-state index contributed by atoms with van der Waals surface area (Å²) in [6.07, 6.45) is -2.89. The van der Waals surface area contributed by atoms with Crippen LogP contribution in [0.3, 0.4) is 0 Å². The van der Waals surface area contributed by atoms with E-state index in [9.17, 15) is 13.2 Å². The molecule has 0 atom stereocenters. The number of alkyl halides is 3. The highest BCUT2D eigenvalue weighted by molar-refractivity contribution is 7.13. The van der Waals surface area contributed by atoms with Gasteiger partial charge in [-0.25, -0.2) is 0 Å². The van der Waals surface area contributed by atoms with Crippen molar-refractivity contribution >= 4 is 23.2 Å². The molecule has 100 valence electrons. The van der Waals surface area contributed by atoms with Gasteiger partial charge in [0.1, 0.15) is 0 Å². The van der Waals surface area contributed by atoms with Crippen LogP contribution in [0.15, 0.2) is 41.5 Å². The van der Waals surface area contributed by atoms with Crippen LogP contribution in [0, 0.1) is 6.92 Å². The van der Waals surface area contributed by atoms with E-state index in [4.69, 9.17) is 0 Å². The third kappa shape index (κ3) is 3.57. The summed E-state index contributed by atoms with van der Waals surface area (Å²) in [7, 11) is 0. The van der Waals surface area contributed by atoms with Crippen molar-refractivity contribution in [3.8, 4) is 0 Å². The van der Waals surface area contributed by atoms with Gasteiger partial charge in [0, 0.05) is 9.75 Å². The second-order valence-electron chi connectivity index (χ2n) is 3.86. The van der Waals surface area contributed by atoms with Crippen molar-refractivity contribution < 1.29 is 13.2 Å². The molecule has 0 aliphatic rings. The molecule has 0 bridgehead atoms. The van der Waals surface area contributed by atoms with E-state index in [-0.39, 0.29) is 5.69 Å². The van der Waals surface area contributed by atoms with Gasteiger partial charge in [0.25, 0.3) is 0 Å². The zero-order valence-electron chi connectivity index (χ0n) is 10.0. The highest BCUT2D eigenvalue weighted by Gasteiger charge is 2.33. The summed E-state index contributed by atoms with van der Waals surface area (Å²) >= 11 is 1.52. The summed E-state index contributed by atoms with van der Waals surface area (Å²) in [5.41, 5.74) is 1.65. The third-order valence-electron chi connectivity index (χ3n) is 2.37. The predicted molar refractivity (Wildman–Crippen MR) is 71.7 cm³/mol. The fourth-order valence-corrected chi connectivity index (χ4v) is 2.27. The number of hydrazone groups is 1. The zero-order valence-corrected chi connectivity index (χ0v) is 10.8. The molecule has 1 N–H and O–H groups in total. The van der Waals surface area contributed by atoms with Gasteiger partial charge in [-0.15, -0.1) is 11.3 Å². The Kier molecular flexibility index (Phi) is 3.90. The summed E-state index contributed by atoms with van der Waals surface area (Å²) in [5.74, 6) is 0. The number of nitrogens with one attached hydrogen (secondary N) is 1. The molecule has 1 aromatic heterocycles. The third-order valence-corrected chi connectivity index (χ3v) is 3.31. The minimum atomic E-state index is -4.39. The Labute approximate surface area is 112 Å². The quantitative estimate of drug-likeness (QED) is 0.650. The van der Waals surface area contributed by atoms with Gasteiger partial charge >= 0.3 is 6.18 Å². The minimum absolute atomic E-state index is 0.0560. The van der Waals surface area contributed by atoms with Crippen LogP contribution in [-0.4, -0.2) is 6.21 Å². The Hall–Kier alpha value is -1.82. The maximum Gasteiger partial charge on any atom is 0.418 e. The Bertz CT molecular complexity index is 588. The Morgan fingerprint density at radius 3 is 2.53 bits per heavy atom. The van der Waals surface area contributed by atoms with E-state index in [0.717, 1.165) is 15.8 Å². The summed E-state index contributed by atoms with van der Waals surface area (Å²) in [6, 6.07) is 9.03. The van der Waals surface area contributed by atoms with Gasteiger partial charge in [-0.3, -0.25) is 5.43 Å². The van der Waals surface area contributed by atoms with Crippen molar-refractivity contribution in [3.63, 3.8) is 0 Å². The van der Waals surface area contributed by atoms with E-state index in [2.05, 4.69) is 10.5 Å². The molecule has 0 amide bonds. The maximum atomic E-state index is 12.7. The number of thiophene rings is 1. The van der Waals surface area contributed by atoms with Gasteiger partial charge in [0.2, 0.25) is 0 Å². The van der Waals surface area contributed by atoms with Crippen LogP contribution in [0.1, 0.15) is 15.3 Å². The fourth-order valence-electron chi connectivity index (χ4n) is 1.52. The van der Waals surface area contributed by atoms with Crippen molar-refractivity contribution in [1.82, 2.24) is 0 Å². The van der Waals surface area contributed by atoms with E-state index >= 15 is 0 Å². The molecular weight excluding hydrogens is 273 g/mol. The number of hydrogen-bond acceptors (Lipinski definition) is 3. The van der Waals surface area contributed by atoms with Crippen molar-refractivity contribution in [2.24, 2.45) is 5.10 Å². The number of nitrogens with zero attached hydrogens (tertiary/aromatic N) is 1. The zero-order chi connectivity index (χ0) is 13.9. The Morgan fingerprint density at radius 1 is 1.16 bits per heavy atom. The molecule has 0 saturated carbocycles. The molecule has 1 heterocycles. The first kappa shape index (κ1) is 13.6. The second-order valence-corrected chi connectivity index (χ2v) is 5.18. The van der Waals surface area contributed by atoms with Crippen molar-refractivity contribution in [3.05, 3.63) is 51.7 Å².